The molecule has 26 heavy (non-hydrogen) atoms. The number of fused-ring (bicyclic) bond motifs is 3. The number of carbonyl (C=O) groups excluding carboxylic acids is 1. The van der Waals surface area contributed by atoms with Crippen LogP contribution < -0.4 is 10.1 Å². The number of nitrogens with one attached hydrogen (secondary N) is 2. The minimum absolute atomic E-state index is 0.0720. The predicted molar refractivity (Wildman–Crippen MR) is 104 cm³/mol. The number of amides is 1. The van der Waals surface area contributed by atoms with E-state index in [-0.39, 0.29) is 18.6 Å². The Hall–Kier alpha value is -2.17. The van der Waals surface area contributed by atoms with Gasteiger partial charge in [0.05, 0.1) is 5.02 Å². The minimum Gasteiger partial charge on any atom is -0.482 e. The lowest BCUT2D eigenvalue weighted by Gasteiger charge is -2.23. The Bertz CT molecular complexity index is 968. The lowest BCUT2D eigenvalue weighted by atomic mass is 9.92. The number of hydrogen-bond acceptors (Lipinski definition) is 2. The summed E-state index contributed by atoms with van der Waals surface area (Å²) in [6, 6.07) is 13.4. The molecule has 134 valence electrons. The molecular weight excluding hydrogens is 371 g/mol. The van der Waals surface area contributed by atoms with Gasteiger partial charge in [-0.2, -0.15) is 0 Å². The smallest absolute Gasteiger partial charge is 0.258 e. The van der Waals surface area contributed by atoms with Gasteiger partial charge in [-0.25, -0.2) is 0 Å². The highest BCUT2D eigenvalue weighted by Crippen LogP contribution is 2.29. The minimum atomic E-state index is -0.152. The molecule has 2 aromatic carbocycles. The number of aryl methyl sites for hydroxylation is 1. The Morgan fingerprint density at radius 2 is 2.08 bits per heavy atom. The van der Waals surface area contributed by atoms with Crippen LogP contribution in [0, 0.1) is 0 Å². The van der Waals surface area contributed by atoms with Crippen LogP contribution in [0.5, 0.6) is 5.75 Å². The second-order valence-electron chi connectivity index (χ2n) is 6.50. The van der Waals surface area contributed by atoms with Crippen LogP contribution in [0.1, 0.15) is 17.7 Å². The molecule has 1 heterocycles. The standard InChI is InChI=1S/C20H18Cl2N2O2/c21-12-5-8-19(16(22)9-12)26-11-20(25)23-13-6-7-15-14-3-1-2-4-17(14)24-18(15)10-13/h1-5,8-9,13,24H,6-7,10-11H2,(H,23,25). The van der Waals surface area contributed by atoms with Crippen molar-refractivity contribution in [2.45, 2.75) is 25.3 Å². The van der Waals surface area contributed by atoms with Crippen LogP contribution in [0.2, 0.25) is 10.0 Å². The fourth-order valence-corrected chi connectivity index (χ4v) is 3.97. The van der Waals surface area contributed by atoms with Gasteiger partial charge in [0.1, 0.15) is 5.75 Å². The van der Waals surface area contributed by atoms with Gasteiger partial charge in [0.25, 0.3) is 5.91 Å². The summed E-state index contributed by atoms with van der Waals surface area (Å²) in [5.41, 5.74) is 3.74. The third-order valence-corrected chi connectivity index (χ3v) is 5.24. The maximum atomic E-state index is 12.2. The molecule has 0 aliphatic heterocycles. The first-order valence-corrected chi connectivity index (χ1v) is 9.31. The van der Waals surface area contributed by atoms with E-state index in [1.54, 1.807) is 18.2 Å². The Labute approximate surface area is 161 Å². The zero-order valence-corrected chi connectivity index (χ0v) is 15.5. The molecule has 1 amide bonds. The normalized spacial score (nSPS) is 16.3. The van der Waals surface area contributed by atoms with E-state index in [2.05, 4.69) is 28.5 Å². The average molecular weight is 389 g/mol. The van der Waals surface area contributed by atoms with Crippen LogP contribution in [0.25, 0.3) is 10.9 Å². The zero-order valence-electron chi connectivity index (χ0n) is 14.0. The molecule has 0 bridgehead atoms. The Morgan fingerprint density at radius 3 is 2.92 bits per heavy atom. The number of H-pyrrole nitrogens is 1. The quantitative estimate of drug-likeness (QED) is 0.689. The Balaban J connectivity index is 1.36. The molecule has 1 unspecified atom stereocenters. The summed E-state index contributed by atoms with van der Waals surface area (Å²) in [7, 11) is 0. The van der Waals surface area contributed by atoms with Crippen LogP contribution >= 0.6 is 23.2 Å². The number of halogens is 2. The van der Waals surface area contributed by atoms with Crippen molar-refractivity contribution in [3.05, 3.63) is 63.8 Å². The number of aromatic amines is 1. The molecule has 2 N–H and O–H groups in total. The van der Waals surface area contributed by atoms with Gasteiger partial charge in [-0.05, 0) is 42.7 Å². The fourth-order valence-electron chi connectivity index (χ4n) is 3.51. The molecule has 4 nitrogen and oxygen atoms in total. The van der Waals surface area contributed by atoms with Crippen molar-refractivity contribution in [2.75, 3.05) is 6.61 Å². The van der Waals surface area contributed by atoms with Gasteiger partial charge in [-0.15, -0.1) is 0 Å². The number of ether oxygens (including phenoxy) is 1. The molecule has 6 heteroatoms. The highest BCUT2D eigenvalue weighted by Gasteiger charge is 2.23. The third kappa shape index (κ3) is 3.53. The Kier molecular flexibility index (Phi) is 4.79. The van der Waals surface area contributed by atoms with Gasteiger partial charge in [0.2, 0.25) is 0 Å². The van der Waals surface area contributed by atoms with E-state index in [0.717, 1.165) is 24.8 Å². The molecule has 1 atom stereocenters. The third-order valence-electron chi connectivity index (χ3n) is 4.71. The van der Waals surface area contributed by atoms with E-state index >= 15 is 0 Å². The number of hydrogen-bond donors (Lipinski definition) is 2. The maximum absolute atomic E-state index is 12.2. The SMILES string of the molecule is O=C(COc1ccc(Cl)cc1Cl)NC1CCc2c([nH]c3ccccc23)C1. The van der Waals surface area contributed by atoms with E-state index in [1.165, 1.54) is 16.6 Å². The average Bonchev–Trinajstić information content (AvgIpc) is 2.98. The Morgan fingerprint density at radius 1 is 1.23 bits per heavy atom. The molecule has 0 radical (unpaired) electrons. The van der Waals surface area contributed by atoms with E-state index in [9.17, 15) is 4.79 Å². The van der Waals surface area contributed by atoms with Crippen molar-refractivity contribution in [2.24, 2.45) is 0 Å². The van der Waals surface area contributed by atoms with E-state index in [4.69, 9.17) is 27.9 Å². The van der Waals surface area contributed by atoms with Crippen LogP contribution in [0.15, 0.2) is 42.5 Å². The summed E-state index contributed by atoms with van der Waals surface area (Å²) in [5.74, 6) is 0.299. The summed E-state index contributed by atoms with van der Waals surface area (Å²) < 4.78 is 5.50. The van der Waals surface area contributed by atoms with E-state index in [1.807, 2.05) is 6.07 Å². The largest absolute Gasteiger partial charge is 0.482 e. The van der Waals surface area contributed by atoms with Gasteiger partial charge >= 0.3 is 0 Å². The van der Waals surface area contributed by atoms with Crippen molar-refractivity contribution >= 4 is 40.0 Å². The van der Waals surface area contributed by atoms with Gasteiger partial charge < -0.3 is 15.0 Å². The summed E-state index contributed by atoms with van der Waals surface area (Å²) in [6.45, 7) is -0.0720. The van der Waals surface area contributed by atoms with E-state index in [0.29, 0.717) is 15.8 Å². The monoisotopic (exact) mass is 388 g/mol. The highest BCUT2D eigenvalue weighted by atomic mass is 35.5. The topological polar surface area (TPSA) is 54.1 Å². The van der Waals surface area contributed by atoms with Gasteiger partial charge in [-0.3, -0.25) is 4.79 Å². The second kappa shape index (κ2) is 7.22. The van der Waals surface area contributed by atoms with E-state index < -0.39 is 0 Å². The fraction of sp³-hybridized carbons (Fsp3) is 0.250. The number of para-hydroxylation sites is 1. The highest BCUT2D eigenvalue weighted by molar-refractivity contribution is 6.35. The van der Waals surface area contributed by atoms with Crippen LogP contribution in [-0.2, 0) is 17.6 Å². The zero-order chi connectivity index (χ0) is 18.1. The van der Waals surface area contributed by atoms with Crippen LogP contribution in [0.3, 0.4) is 0 Å². The van der Waals surface area contributed by atoms with Gasteiger partial charge in [0, 0.05) is 34.1 Å². The van der Waals surface area contributed by atoms with Crippen molar-refractivity contribution in [3.63, 3.8) is 0 Å². The number of aromatic nitrogens is 1. The molecular formula is C20H18Cl2N2O2. The first kappa shape index (κ1) is 17.3. The van der Waals surface area contributed by atoms with Crippen molar-refractivity contribution in [1.82, 2.24) is 10.3 Å². The lowest BCUT2D eigenvalue weighted by molar-refractivity contribution is -0.123. The van der Waals surface area contributed by atoms with Gasteiger partial charge in [-0.1, -0.05) is 41.4 Å². The molecule has 0 saturated carbocycles. The first-order chi connectivity index (χ1) is 12.6. The summed E-state index contributed by atoms with van der Waals surface area (Å²) >= 11 is 11.9. The number of rotatable bonds is 4. The number of carbonyl (C=O) groups is 1. The van der Waals surface area contributed by atoms with Crippen LogP contribution in [0.4, 0.5) is 0 Å². The molecule has 0 saturated heterocycles. The summed E-state index contributed by atoms with van der Waals surface area (Å²) in [5, 5.41) is 5.26. The molecule has 4 rings (SSSR count). The van der Waals surface area contributed by atoms with Crippen molar-refractivity contribution in [1.29, 1.82) is 0 Å². The van der Waals surface area contributed by atoms with Crippen molar-refractivity contribution in [3.8, 4) is 5.75 Å². The molecule has 0 spiro atoms. The number of benzene rings is 2. The molecule has 1 aliphatic rings. The van der Waals surface area contributed by atoms with Crippen molar-refractivity contribution < 1.29 is 9.53 Å². The first-order valence-electron chi connectivity index (χ1n) is 8.56. The summed E-state index contributed by atoms with van der Waals surface area (Å²) in [4.78, 5) is 15.7. The second-order valence-corrected chi connectivity index (χ2v) is 7.34. The lowest BCUT2D eigenvalue weighted by Crippen LogP contribution is -2.41. The summed E-state index contributed by atoms with van der Waals surface area (Å²) in [6.07, 6.45) is 2.67. The molecule has 3 aromatic rings. The maximum Gasteiger partial charge on any atom is 0.258 e. The molecule has 1 aliphatic carbocycles. The molecule has 1 aromatic heterocycles. The molecule has 0 fully saturated rings. The predicted octanol–water partition coefficient (Wildman–Crippen LogP) is 4.53. The van der Waals surface area contributed by atoms with Gasteiger partial charge in [0.15, 0.2) is 6.61 Å². The van der Waals surface area contributed by atoms with Crippen LogP contribution in [-0.4, -0.2) is 23.5 Å².